The fraction of sp³-hybridized carbons (Fsp3) is 0.214. The van der Waals surface area contributed by atoms with Crippen molar-refractivity contribution in [2.75, 3.05) is 6.54 Å². The Kier molecular flexibility index (Phi) is 4.55. The Morgan fingerprint density at radius 2 is 1.89 bits per heavy atom. The standard InChI is InChI=1S/C14H16N2O2/c17-14(11-15-10-13-7-4-8-18-13)16-9-12-5-2-1-3-6-12/h1-8,15H,9-11H2,(H,16,17). The molecule has 0 spiro atoms. The molecule has 94 valence electrons. The quantitative estimate of drug-likeness (QED) is 0.813. The molecule has 0 aliphatic rings. The molecule has 0 radical (unpaired) electrons. The van der Waals surface area contributed by atoms with Crippen molar-refractivity contribution < 1.29 is 9.21 Å². The third-order valence-electron chi connectivity index (χ3n) is 2.50. The first kappa shape index (κ1) is 12.4. The van der Waals surface area contributed by atoms with Crippen LogP contribution in [0.15, 0.2) is 53.1 Å². The maximum Gasteiger partial charge on any atom is 0.234 e. The molecule has 0 aliphatic heterocycles. The fourth-order valence-electron chi connectivity index (χ4n) is 1.57. The van der Waals surface area contributed by atoms with E-state index in [1.165, 1.54) is 0 Å². The number of rotatable bonds is 6. The van der Waals surface area contributed by atoms with E-state index in [9.17, 15) is 4.79 Å². The molecule has 2 rings (SSSR count). The maximum absolute atomic E-state index is 11.5. The van der Waals surface area contributed by atoms with E-state index in [4.69, 9.17) is 4.42 Å². The predicted octanol–water partition coefficient (Wildman–Crippen LogP) is 1.69. The second-order valence-corrected chi connectivity index (χ2v) is 3.95. The van der Waals surface area contributed by atoms with Crippen LogP contribution in [-0.2, 0) is 17.9 Å². The second kappa shape index (κ2) is 6.61. The van der Waals surface area contributed by atoms with Crippen LogP contribution in [0.25, 0.3) is 0 Å². The van der Waals surface area contributed by atoms with E-state index >= 15 is 0 Å². The van der Waals surface area contributed by atoms with Crippen molar-refractivity contribution in [2.24, 2.45) is 0 Å². The topological polar surface area (TPSA) is 54.3 Å². The Hall–Kier alpha value is -2.07. The van der Waals surface area contributed by atoms with E-state index in [1.807, 2.05) is 42.5 Å². The van der Waals surface area contributed by atoms with Crippen molar-refractivity contribution in [3.8, 4) is 0 Å². The third kappa shape index (κ3) is 4.07. The van der Waals surface area contributed by atoms with Crippen LogP contribution in [0.2, 0.25) is 0 Å². The summed E-state index contributed by atoms with van der Waals surface area (Å²) in [7, 11) is 0. The number of hydrogen-bond acceptors (Lipinski definition) is 3. The summed E-state index contributed by atoms with van der Waals surface area (Å²) in [4.78, 5) is 11.5. The summed E-state index contributed by atoms with van der Waals surface area (Å²) in [6, 6.07) is 13.5. The highest BCUT2D eigenvalue weighted by Crippen LogP contribution is 1.98. The van der Waals surface area contributed by atoms with Crippen molar-refractivity contribution in [2.45, 2.75) is 13.1 Å². The highest BCUT2D eigenvalue weighted by molar-refractivity contribution is 5.77. The minimum atomic E-state index is -0.0228. The van der Waals surface area contributed by atoms with E-state index < -0.39 is 0 Å². The lowest BCUT2D eigenvalue weighted by Crippen LogP contribution is -2.33. The Morgan fingerprint density at radius 3 is 2.61 bits per heavy atom. The minimum absolute atomic E-state index is 0.0228. The van der Waals surface area contributed by atoms with Gasteiger partial charge in [-0.05, 0) is 17.7 Å². The first-order valence-electron chi connectivity index (χ1n) is 5.88. The first-order chi connectivity index (χ1) is 8.84. The number of nitrogens with one attached hydrogen (secondary N) is 2. The molecule has 4 heteroatoms. The summed E-state index contributed by atoms with van der Waals surface area (Å²) in [6.07, 6.45) is 1.62. The number of amides is 1. The maximum atomic E-state index is 11.5. The molecule has 2 N–H and O–H groups in total. The van der Waals surface area contributed by atoms with Gasteiger partial charge < -0.3 is 15.1 Å². The van der Waals surface area contributed by atoms with Gasteiger partial charge in [0, 0.05) is 6.54 Å². The summed E-state index contributed by atoms with van der Waals surface area (Å²) in [5.41, 5.74) is 1.09. The van der Waals surface area contributed by atoms with Crippen LogP contribution < -0.4 is 10.6 Å². The Labute approximate surface area is 106 Å². The van der Waals surface area contributed by atoms with Crippen molar-refractivity contribution in [3.63, 3.8) is 0 Å². The lowest BCUT2D eigenvalue weighted by Gasteiger charge is -2.05. The molecular weight excluding hydrogens is 228 g/mol. The van der Waals surface area contributed by atoms with Gasteiger partial charge in [0.15, 0.2) is 0 Å². The highest BCUT2D eigenvalue weighted by atomic mass is 16.3. The highest BCUT2D eigenvalue weighted by Gasteiger charge is 2.01. The summed E-state index contributed by atoms with van der Waals surface area (Å²) in [5, 5.41) is 5.87. The third-order valence-corrected chi connectivity index (χ3v) is 2.50. The van der Waals surface area contributed by atoms with Crippen LogP contribution in [0.4, 0.5) is 0 Å². The van der Waals surface area contributed by atoms with E-state index in [0.29, 0.717) is 13.1 Å². The van der Waals surface area contributed by atoms with Gasteiger partial charge in [-0.3, -0.25) is 4.79 Å². The van der Waals surface area contributed by atoms with Gasteiger partial charge in [0.2, 0.25) is 5.91 Å². The zero-order valence-electron chi connectivity index (χ0n) is 10.1. The molecule has 0 fully saturated rings. The van der Waals surface area contributed by atoms with Crippen molar-refractivity contribution >= 4 is 5.91 Å². The van der Waals surface area contributed by atoms with Gasteiger partial charge in [-0.15, -0.1) is 0 Å². The number of hydrogen-bond donors (Lipinski definition) is 2. The lowest BCUT2D eigenvalue weighted by molar-refractivity contribution is -0.120. The molecule has 18 heavy (non-hydrogen) atoms. The molecule has 1 heterocycles. The van der Waals surface area contributed by atoms with E-state index in [1.54, 1.807) is 6.26 Å². The molecule has 4 nitrogen and oxygen atoms in total. The van der Waals surface area contributed by atoms with Crippen molar-refractivity contribution in [1.29, 1.82) is 0 Å². The molecule has 0 aliphatic carbocycles. The fourth-order valence-corrected chi connectivity index (χ4v) is 1.57. The first-order valence-corrected chi connectivity index (χ1v) is 5.88. The molecular formula is C14H16N2O2. The smallest absolute Gasteiger partial charge is 0.234 e. The monoisotopic (exact) mass is 244 g/mol. The Balaban J connectivity index is 1.63. The zero-order valence-corrected chi connectivity index (χ0v) is 10.1. The molecule has 1 aromatic heterocycles. The number of benzene rings is 1. The summed E-state index contributed by atoms with van der Waals surface area (Å²) in [6.45, 7) is 1.40. The van der Waals surface area contributed by atoms with Gasteiger partial charge in [-0.1, -0.05) is 30.3 Å². The van der Waals surface area contributed by atoms with E-state index in [-0.39, 0.29) is 12.5 Å². The summed E-state index contributed by atoms with van der Waals surface area (Å²) >= 11 is 0. The van der Waals surface area contributed by atoms with Gasteiger partial charge in [-0.25, -0.2) is 0 Å². The Bertz CT molecular complexity index is 466. The minimum Gasteiger partial charge on any atom is -0.468 e. The van der Waals surface area contributed by atoms with Crippen LogP contribution in [0.3, 0.4) is 0 Å². The van der Waals surface area contributed by atoms with Gasteiger partial charge in [0.25, 0.3) is 0 Å². The number of furan rings is 1. The average Bonchev–Trinajstić information content (AvgIpc) is 2.91. The van der Waals surface area contributed by atoms with E-state index in [0.717, 1.165) is 11.3 Å². The summed E-state index contributed by atoms with van der Waals surface area (Å²) < 4.78 is 5.15. The van der Waals surface area contributed by atoms with Crippen LogP contribution in [0.1, 0.15) is 11.3 Å². The molecule has 0 atom stereocenters. The van der Waals surface area contributed by atoms with Crippen LogP contribution in [0.5, 0.6) is 0 Å². The number of carbonyl (C=O) groups is 1. The van der Waals surface area contributed by atoms with Crippen molar-refractivity contribution in [1.82, 2.24) is 10.6 Å². The van der Waals surface area contributed by atoms with Crippen LogP contribution >= 0.6 is 0 Å². The number of carbonyl (C=O) groups excluding carboxylic acids is 1. The molecule has 0 saturated heterocycles. The van der Waals surface area contributed by atoms with Crippen LogP contribution in [-0.4, -0.2) is 12.5 Å². The van der Waals surface area contributed by atoms with Gasteiger partial charge in [0.05, 0.1) is 19.4 Å². The van der Waals surface area contributed by atoms with Crippen molar-refractivity contribution in [3.05, 3.63) is 60.1 Å². The largest absolute Gasteiger partial charge is 0.468 e. The lowest BCUT2D eigenvalue weighted by atomic mass is 10.2. The average molecular weight is 244 g/mol. The molecule has 0 unspecified atom stereocenters. The van der Waals surface area contributed by atoms with Gasteiger partial charge in [-0.2, -0.15) is 0 Å². The summed E-state index contributed by atoms with van der Waals surface area (Å²) in [5.74, 6) is 0.802. The molecule has 1 aromatic carbocycles. The Morgan fingerprint density at radius 1 is 1.06 bits per heavy atom. The molecule has 0 bridgehead atoms. The second-order valence-electron chi connectivity index (χ2n) is 3.95. The van der Waals surface area contributed by atoms with Gasteiger partial charge in [0.1, 0.15) is 5.76 Å². The zero-order chi connectivity index (χ0) is 12.6. The van der Waals surface area contributed by atoms with E-state index in [2.05, 4.69) is 10.6 Å². The molecule has 1 amide bonds. The SMILES string of the molecule is O=C(CNCc1ccco1)NCc1ccccc1. The predicted molar refractivity (Wildman–Crippen MR) is 68.7 cm³/mol. The molecule has 2 aromatic rings. The molecule has 0 saturated carbocycles. The van der Waals surface area contributed by atoms with Crippen LogP contribution in [0, 0.1) is 0 Å². The van der Waals surface area contributed by atoms with Gasteiger partial charge >= 0.3 is 0 Å². The normalized spacial score (nSPS) is 10.2.